The first kappa shape index (κ1) is 15.9. The van der Waals surface area contributed by atoms with E-state index in [1.54, 1.807) is 22.9 Å². The van der Waals surface area contributed by atoms with Crippen LogP contribution in [0.5, 0.6) is 0 Å². The molecule has 0 aliphatic rings. The van der Waals surface area contributed by atoms with Crippen LogP contribution in [-0.2, 0) is 13.0 Å². The molecule has 0 aliphatic heterocycles. The lowest BCUT2D eigenvalue weighted by Gasteiger charge is -2.12. The number of rotatable bonds is 4. The first-order chi connectivity index (χ1) is 11.6. The van der Waals surface area contributed by atoms with E-state index in [-0.39, 0.29) is 5.56 Å². The number of aromatic carboxylic acids is 1. The highest BCUT2D eigenvalue weighted by atomic mass is 16.4. The Labute approximate surface area is 138 Å². The van der Waals surface area contributed by atoms with Crippen LogP contribution in [-0.4, -0.2) is 25.6 Å². The van der Waals surface area contributed by atoms with Gasteiger partial charge in [-0.2, -0.15) is 0 Å². The van der Waals surface area contributed by atoms with Crippen molar-refractivity contribution in [3.63, 3.8) is 0 Å². The molecule has 3 aromatic heterocycles. The summed E-state index contributed by atoms with van der Waals surface area (Å²) in [5.74, 6) is -1.23. The predicted molar refractivity (Wildman–Crippen MR) is 91.2 cm³/mol. The molecule has 0 fully saturated rings. The highest BCUT2D eigenvalue weighted by Crippen LogP contribution is 2.23. The van der Waals surface area contributed by atoms with Crippen LogP contribution in [0.1, 0.15) is 29.8 Å². The van der Waals surface area contributed by atoms with Crippen molar-refractivity contribution in [1.82, 2.24) is 14.5 Å². The minimum absolute atomic E-state index is 0.239. The molecule has 0 radical (unpaired) electrons. The van der Waals surface area contributed by atoms with Gasteiger partial charge < -0.3 is 9.67 Å². The minimum Gasteiger partial charge on any atom is -0.477 e. The molecule has 1 N–H and O–H groups in total. The highest BCUT2D eigenvalue weighted by Gasteiger charge is 2.16. The van der Waals surface area contributed by atoms with E-state index >= 15 is 0 Å². The molecule has 0 spiro atoms. The van der Waals surface area contributed by atoms with E-state index in [0.717, 1.165) is 23.2 Å². The number of fused-ring (bicyclic) bond motifs is 1. The third kappa shape index (κ3) is 2.56. The Morgan fingerprint density at radius 3 is 2.71 bits per heavy atom. The zero-order chi connectivity index (χ0) is 17.3. The molecule has 0 bridgehead atoms. The van der Waals surface area contributed by atoms with Gasteiger partial charge in [-0.3, -0.25) is 9.78 Å². The predicted octanol–water partition coefficient (Wildman–Crippen LogP) is 2.74. The van der Waals surface area contributed by atoms with Gasteiger partial charge in [-0.25, -0.2) is 9.78 Å². The molecule has 3 aromatic rings. The van der Waals surface area contributed by atoms with E-state index in [1.165, 1.54) is 6.20 Å². The van der Waals surface area contributed by atoms with E-state index in [2.05, 4.69) is 9.97 Å². The fraction of sp³-hybridized carbons (Fsp3) is 0.222. The molecular formula is C18H17N3O3. The van der Waals surface area contributed by atoms with Gasteiger partial charge in [0.2, 0.25) is 5.43 Å². The molecule has 24 heavy (non-hydrogen) atoms. The summed E-state index contributed by atoms with van der Waals surface area (Å²) in [6.07, 6.45) is 5.70. The molecule has 122 valence electrons. The number of aryl methyl sites for hydroxylation is 2. The van der Waals surface area contributed by atoms with Gasteiger partial charge in [-0.15, -0.1) is 0 Å². The zero-order valence-corrected chi connectivity index (χ0v) is 13.5. The Hall–Kier alpha value is -3.02. The third-order valence-corrected chi connectivity index (χ3v) is 4.05. The normalized spacial score (nSPS) is 10.9. The second kappa shape index (κ2) is 6.23. The first-order valence-electron chi connectivity index (χ1n) is 7.77. The Balaban J connectivity index is 2.31. The summed E-state index contributed by atoms with van der Waals surface area (Å²) < 4.78 is 1.69. The van der Waals surface area contributed by atoms with Crippen molar-refractivity contribution >= 4 is 17.0 Å². The number of pyridine rings is 3. The van der Waals surface area contributed by atoms with Gasteiger partial charge in [-0.05, 0) is 37.1 Å². The monoisotopic (exact) mass is 323 g/mol. The fourth-order valence-corrected chi connectivity index (χ4v) is 2.77. The molecule has 3 heterocycles. The lowest BCUT2D eigenvalue weighted by Crippen LogP contribution is -2.19. The molecular weight excluding hydrogens is 306 g/mol. The van der Waals surface area contributed by atoms with Crippen LogP contribution in [0.15, 0.2) is 41.6 Å². The van der Waals surface area contributed by atoms with Crippen LogP contribution in [0.4, 0.5) is 0 Å². The summed E-state index contributed by atoms with van der Waals surface area (Å²) in [7, 11) is 0. The van der Waals surface area contributed by atoms with E-state index in [0.29, 0.717) is 17.6 Å². The topological polar surface area (TPSA) is 85.1 Å². The summed E-state index contributed by atoms with van der Waals surface area (Å²) in [5, 5.41) is 9.52. The summed E-state index contributed by atoms with van der Waals surface area (Å²) in [6, 6.07) is 5.30. The van der Waals surface area contributed by atoms with Crippen LogP contribution in [0, 0.1) is 0 Å². The van der Waals surface area contributed by atoms with Gasteiger partial charge in [0, 0.05) is 30.7 Å². The van der Waals surface area contributed by atoms with Gasteiger partial charge in [0.1, 0.15) is 11.2 Å². The molecule has 0 unspecified atom stereocenters. The molecule has 0 atom stereocenters. The molecule has 0 amide bonds. The Bertz CT molecular complexity index is 992. The maximum Gasteiger partial charge on any atom is 0.341 e. The molecule has 6 nitrogen and oxygen atoms in total. The van der Waals surface area contributed by atoms with Crippen LogP contribution in [0.25, 0.3) is 22.3 Å². The summed E-state index contributed by atoms with van der Waals surface area (Å²) >= 11 is 0. The quantitative estimate of drug-likeness (QED) is 0.798. The maximum absolute atomic E-state index is 12.4. The highest BCUT2D eigenvalue weighted by molar-refractivity contribution is 5.92. The number of hydrogen-bond donors (Lipinski definition) is 1. The molecule has 6 heteroatoms. The Morgan fingerprint density at radius 1 is 1.25 bits per heavy atom. The van der Waals surface area contributed by atoms with E-state index in [9.17, 15) is 14.7 Å². The van der Waals surface area contributed by atoms with Crippen molar-refractivity contribution in [2.75, 3.05) is 0 Å². The lowest BCUT2D eigenvalue weighted by atomic mass is 10.0. The SMILES string of the molecule is CCc1cnccc1-c1ccc2c(=O)c(C(=O)O)cn(CC)c2n1. The molecule has 3 rings (SSSR count). The Kier molecular flexibility index (Phi) is 4.12. The van der Waals surface area contributed by atoms with Crippen LogP contribution in [0.2, 0.25) is 0 Å². The number of hydrogen-bond acceptors (Lipinski definition) is 4. The standard InChI is InChI=1S/C18H17N3O3/c1-3-11-9-19-8-7-12(11)15-6-5-13-16(22)14(18(23)24)10-21(4-2)17(13)20-15/h5-10H,3-4H2,1-2H3,(H,23,24). The minimum atomic E-state index is -1.23. The maximum atomic E-state index is 12.4. The van der Waals surface area contributed by atoms with Crippen molar-refractivity contribution < 1.29 is 9.90 Å². The molecule has 0 aromatic carbocycles. The van der Waals surface area contributed by atoms with Gasteiger partial charge in [0.15, 0.2) is 0 Å². The summed E-state index contributed by atoms with van der Waals surface area (Å²) in [6.45, 7) is 4.45. The van der Waals surface area contributed by atoms with Crippen molar-refractivity contribution in [1.29, 1.82) is 0 Å². The largest absolute Gasteiger partial charge is 0.477 e. The smallest absolute Gasteiger partial charge is 0.341 e. The third-order valence-electron chi connectivity index (χ3n) is 4.05. The lowest BCUT2D eigenvalue weighted by molar-refractivity contribution is 0.0695. The average Bonchev–Trinajstić information content (AvgIpc) is 2.61. The number of aromatic nitrogens is 3. The van der Waals surface area contributed by atoms with Crippen molar-refractivity contribution in [3.05, 3.63) is 58.1 Å². The van der Waals surface area contributed by atoms with Crippen LogP contribution < -0.4 is 5.43 Å². The van der Waals surface area contributed by atoms with Crippen LogP contribution in [0.3, 0.4) is 0 Å². The summed E-state index contributed by atoms with van der Waals surface area (Å²) in [4.78, 5) is 32.4. The van der Waals surface area contributed by atoms with Crippen molar-refractivity contribution in [2.24, 2.45) is 0 Å². The molecule has 0 aliphatic carbocycles. The molecule has 0 saturated carbocycles. The van der Waals surface area contributed by atoms with Crippen molar-refractivity contribution in [3.8, 4) is 11.3 Å². The second-order valence-electron chi connectivity index (χ2n) is 5.42. The fourth-order valence-electron chi connectivity index (χ4n) is 2.77. The van der Waals surface area contributed by atoms with E-state index in [4.69, 9.17) is 0 Å². The second-order valence-corrected chi connectivity index (χ2v) is 5.42. The van der Waals surface area contributed by atoms with E-state index < -0.39 is 11.4 Å². The van der Waals surface area contributed by atoms with Gasteiger partial charge in [0.25, 0.3) is 0 Å². The van der Waals surface area contributed by atoms with E-state index in [1.807, 2.05) is 26.1 Å². The number of carboxylic acids is 1. The van der Waals surface area contributed by atoms with Crippen molar-refractivity contribution in [2.45, 2.75) is 26.8 Å². The van der Waals surface area contributed by atoms with Gasteiger partial charge in [-0.1, -0.05) is 6.92 Å². The average molecular weight is 323 g/mol. The zero-order valence-electron chi connectivity index (χ0n) is 13.5. The first-order valence-corrected chi connectivity index (χ1v) is 7.77. The summed E-state index contributed by atoms with van der Waals surface area (Å²) in [5.41, 5.74) is 2.52. The van der Waals surface area contributed by atoms with Crippen LogP contribution >= 0.6 is 0 Å². The number of carboxylic acid groups (broad SMARTS) is 1. The Morgan fingerprint density at radius 2 is 2.04 bits per heavy atom. The van der Waals surface area contributed by atoms with Gasteiger partial charge in [0.05, 0.1) is 11.1 Å². The number of nitrogens with zero attached hydrogens (tertiary/aromatic N) is 3. The molecule has 0 saturated heterocycles. The number of carbonyl (C=O) groups is 1. The van der Waals surface area contributed by atoms with Gasteiger partial charge >= 0.3 is 5.97 Å².